The Hall–Kier alpha value is -3.79. The normalized spacial score (nSPS) is 12.2. The van der Waals surface area contributed by atoms with Gasteiger partial charge >= 0.3 is 6.09 Å². The summed E-state index contributed by atoms with van der Waals surface area (Å²) in [5.41, 5.74) is 3.91. The largest absolute Gasteiger partial charge is 0.496 e. The standard InChI is InChI=1S/C21H17N3O4/c1-11-8-17(27-3)18(14-6-7-24(19(11)14)21(25)26)12(2)20-23-15-9-13(10-22)4-5-16(15)28-20/h4-9,12H,1-3H3,(H,25,26). The van der Waals surface area contributed by atoms with Gasteiger partial charge in [0.1, 0.15) is 11.3 Å². The number of aromatic nitrogens is 2. The van der Waals surface area contributed by atoms with Crippen molar-refractivity contribution in [3.05, 3.63) is 59.1 Å². The third-order valence-corrected chi connectivity index (χ3v) is 4.93. The second-order valence-corrected chi connectivity index (χ2v) is 6.61. The van der Waals surface area contributed by atoms with Crippen molar-refractivity contribution < 1.29 is 19.1 Å². The molecule has 0 aliphatic carbocycles. The van der Waals surface area contributed by atoms with Gasteiger partial charge in [0.2, 0.25) is 5.89 Å². The van der Waals surface area contributed by atoms with Gasteiger partial charge in [-0.2, -0.15) is 5.26 Å². The van der Waals surface area contributed by atoms with E-state index in [-0.39, 0.29) is 5.92 Å². The van der Waals surface area contributed by atoms with Gasteiger partial charge in [-0.15, -0.1) is 0 Å². The first-order valence-electron chi connectivity index (χ1n) is 8.67. The molecule has 1 unspecified atom stereocenters. The second kappa shape index (κ2) is 6.43. The number of nitrogens with zero attached hydrogens (tertiary/aromatic N) is 3. The fourth-order valence-corrected chi connectivity index (χ4v) is 3.63. The quantitative estimate of drug-likeness (QED) is 0.559. The first kappa shape index (κ1) is 17.6. The minimum atomic E-state index is -1.05. The van der Waals surface area contributed by atoms with Crippen LogP contribution in [-0.4, -0.2) is 27.9 Å². The molecule has 0 fully saturated rings. The van der Waals surface area contributed by atoms with E-state index in [4.69, 9.17) is 14.4 Å². The van der Waals surface area contributed by atoms with Gasteiger partial charge in [-0.3, -0.25) is 4.57 Å². The summed E-state index contributed by atoms with van der Waals surface area (Å²) in [6.45, 7) is 3.78. The molecule has 140 valence electrons. The number of hydrogen-bond acceptors (Lipinski definition) is 5. The van der Waals surface area contributed by atoms with Crippen LogP contribution >= 0.6 is 0 Å². The average molecular weight is 375 g/mol. The van der Waals surface area contributed by atoms with Crippen molar-refractivity contribution in [2.45, 2.75) is 19.8 Å². The first-order valence-corrected chi connectivity index (χ1v) is 8.67. The highest BCUT2D eigenvalue weighted by atomic mass is 16.5. The van der Waals surface area contributed by atoms with E-state index < -0.39 is 6.09 Å². The molecule has 1 N–H and O–H groups in total. The number of nitriles is 1. The molecule has 7 heteroatoms. The van der Waals surface area contributed by atoms with Gasteiger partial charge < -0.3 is 14.3 Å². The molecule has 2 aromatic carbocycles. The van der Waals surface area contributed by atoms with E-state index in [9.17, 15) is 9.90 Å². The number of hydrogen-bond donors (Lipinski definition) is 1. The van der Waals surface area contributed by atoms with Gasteiger partial charge in [0.25, 0.3) is 0 Å². The molecule has 0 saturated heterocycles. The van der Waals surface area contributed by atoms with Crippen LogP contribution in [0.15, 0.2) is 40.9 Å². The van der Waals surface area contributed by atoms with E-state index in [1.54, 1.807) is 31.4 Å². The van der Waals surface area contributed by atoms with E-state index in [1.165, 1.54) is 10.8 Å². The van der Waals surface area contributed by atoms with E-state index in [1.807, 2.05) is 19.9 Å². The second-order valence-electron chi connectivity index (χ2n) is 6.61. The topological polar surface area (TPSA) is 101 Å². The molecule has 28 heavy (non-hydrogen) atoms. The van der Waals surface area contributed by atoms with Crippen LogP contribution in [0.4, 0.5) is 4.79 Å². The molecule has 2 aromatic heterocycles. The molecule has 4 rings (SSSR count). The molecule has 0 spiro atoms. The van der Waals surface area contributed by atoms with Gasteiger partial charge in [-0.1, -0.05) is 0 Å². The molecular weight excluding hydrogens is 358 g/mol. The zero-order chi connectivity index (χ0) is 20.0. The third kappa shape index (κ3) is 2.58. The molecule has 7 nitrogen and oxygen atoms in total. The van der Waals surface area contributed by atoms with Gasteiger partial charge in [-0.05, 0) is 49.7 Å². The summed E-state index contributed by atoms with van der Waals surface area (Å²) >= 11 is 0. The van der Waals surface area contributed by atoms with Crippen molar-refractivity contribution in [3.63, 3.8) is 0 Å². The Morgan fingerprint density at radius 2 is 2.14 bits per heavy atom. The Morgan fingerprint density at radius 1 is 1.36 bits per heavy atom. The number of methoxy groups -OCH3 is 1. The van der Waals surface area contributed by atoms with Crippen LogP contribution in [-0.2, 0) is 0 Å². The maximum Gasteiger partial charge on any atom is 0.416 e. The van der Waals surface area contributed by atoms with Gasteiger partial charge in [0, 0.05) is 17.1 Å². The number of benzene rings is 2. The summed E-state index contributed by atoms with van der Waals surface area (Å²) in [6, 6.07) is 10.8. The lowest BCUT2D eigenvalue weighted by Gasteiger charge is -2.16. The van der Waals surface area contributed by atoms with Crippen LogP contribution in [0.3, 0.4) is 0 Å². The number of fused-ring (bicyclic) bond motifs is 2. The highest BCUT2D eigenvalue weighted by molar-refractivity contribution is 5.95. The Labute approximate surface area is 160 Å². The number of carboxylic acid groups (broad SMARTS) is 1. The van der Waals surface area contributed by atoms with E-state index in [0.29, 0.717) is 33.8 Å². The summed E-state index contributed by atoms with van der Waals surface area (Å²) in [5, 5.41) is 19.3. The summed E-state index contributed by atoms with van der Waals surface area (Å²) in [4.78, 5) is 16.1. The van der Waals surface area contributed by atoms with Crippen molar-refractivity contribution in [2.24, 2.45) is 0 Å². The summed E-state index contributed by atoms with van der Waals surface area (Å²) in [5.74, 6) is 0.817. The van der Waals surface area contributed by atoms with Gasteiger partial charge in [-0.25, -0.2) is 9.78 Å². The molecule has 4 aromatic rings. The lowest BCUT2D eigenvalue weighted by molar-refractivity contribution is 0.197. The minimum absolute atomic E-state index is 0.291. The lowest BCUT2D eigenvalue weighted by Crippen LogP contribution is -2.08. The number of ether oxygens (including phenoxy) is 1. The van der Waals surface area contributed by atoms with Crippen molar-refractivity contribution in [3.8, 4) is 11.8 Å². The van der Waals surface area contributed by atoms with Crippen molar-refractivity contribution in [2.75, 3.05) is 7.11 Å². The number of oxazole rings is 1. The van der Waals surface area contributed by atoms with Gasteiger partial charge in [0.15, 0.2) is 5.58 Å². The Balaban J connectivity index is 1.94. The highest BCUT2D eigenvalue weighted by Crippen LogP contribution is 2.40. The molecule has 1 atom stereocenters. The molecule has 0 aliphatic heterocycles. The SMILES string of the molecule is COc1cc(C)c2c(ccn2C(=O)O)c1C(C)c1nc2cc(C#N)ccc2o1. The summed E-state index contributed by atoms with van der Waals surface area (Å²) in [7, 11) is 1.58. The molecular formula is C21H17N3O4. The predicted octanol–water partition coefficient (Wildman–Crippen LogP) is 4.65. The average Bonchev–Trinajstić information content (AvgIpc) is 3.31. The highest BCUT2D eigenvalue weighted by Gasteiger charge is 2.25. The zero-order valence-corrected chi connectivity index (χ0v) is 15.6. The molecule has 0 amide bonds. The maximum absolute atomic E-state index is 11.6. The van der Waals surface area contributed by atoms with Crippen LogP contribution in [0.1, 0.15) is 35.4 Å². The molecule has 0 aliphatic rings. The Morgan fingerprint density at radius 3 is 2.82 bits per heavy atom. The number of carbonyl (C=O) groups is 1. The van der Waals surface area contributed by atoms with E-state index >= 15 is 0 Å². The fraction of sp³-hybridized carbons (Fsp3) is 0.190. The Kier molecular flexibility index (Phi) is 4.04. The zero-order valence-electron chi connectivity index (χ0n) is 15.6. The third-order valence-electron chi connectivity index (χ3n) is 4.93. The predicted molar refractivity (Wildman–Crippen MR) is 103 cm³/mol. The number of aryl methyl sites for hydroxylation is 1. The summed E-state index contributed by atoms with van der Waals surface area (Å²) in [6.07, 6.45) is 0.480. The van der Waals surface area contributed by atoms with Gasteiger partial charge in [0.05, 0.1) is 30.2 Å². The molecule has 0 saturated carbocycles. The van der Waals surface area contributed by atoms with Crippen LogP contribution in [0.25, 0.3) is 22.0 Å². The Bertz CT molecular complexity index is 1280. The number of rotatable bonds is 3. The fourth-order valence-electron chi connectivity index (χ4n) is 3.63. The monoisotopic (exact) mass is 375 g/mol. The lowest BCUT2D eigenvalue weighted by atomic mass is 9.94. The molecule has 0 bridgehead atoms. The van der Waals surface area contributed by atoms with Crippen LogP contribution < -0.4 is 4.74 Å². The van der Waals surface area contributed by atoms with Crippen molar-refractivity contribution >= 4 is 28.1 Å². The van der Waals surface area contributed by atoms with Crippen LogP contribution in [0, 0.1) is 18.3 Å². The van der Waals surface area contributed by atoms with Crippen molar-refractivity contribution in [1.82, 2.24) is 9.55 Å². The van der Waals surface area contributed by atoms with Crippen molar-refractivity contribution in [1.29, 1.82) is 5.26 Å². The van der Waals surface area contributed by atoms with E-state index in [0.717, 1.165) is 16.5 Å². The summed E-state index contributed by atoms with van der Waals surface area (Å²) < 4.78 is 12.7. The first-order chi connectivity index (χ1) is 13.4. The minimum Gasteiger partial charge on any atom is -0.496 e. The van der Waals surface area contributed by atoms with Crippen LogP contribution in [0.2, 0.25) is 0 Å². The molecule has 0 radical (unpaired) electrons. The maximum atomic E-state index is 11.6. The molecule has 2 heterocycles. The van der Waals surface area contributed by atoms with Crippen LogP contribution in [0.5, 0.6) is 5.75 Å². The smallest absolute Gasteiger partial charge is 0.416 e. The van der Waals surface area contributed by atoms with E-state index in [2.05, 4.69) is 11.1 Å².